The summed E-state index contributed by atoms with van der Waals surface area (Å²) in [6.45, 7) is 8.72. The second-order valence-corrected chi connectivity index (χ2v) is 8.23. The van der Waals surface area contributed by atoms with Gasteiger partial charge in [0, 0.05) is 27.9 Å². The molecule has 0 fully saturated rings. The largest absolute Gasteiger partial charge is 0.379 e. The molecule has 2 heterocycles. The Morgan fingerprint density at radius 1 is 1.17 bits per heavy atom. The Hall–Kier alpha value is -3.12. The molecule has 152 valence electrons. The monoisotopic (exact) mass is 462 g/mol. The number of H-pyrrole nitrogens is 1. The highest BCUT2D eigenvalue weighted by Gasteiger charge is 2.10. The Labute approximate surface area is 183 Å². The molecule has 0 unspecified atom stereocenters. The van der Waals surface area contributed by atoms with E-state index in [0.717, 1.165) is 39.0 Å². The number of rotatable bonds is 6. The molecule has 0 spiro atoms. The molecule has 5 nitrogen and oxygen atoms in total. The number of fused-ring (bicyclic) bond motifs is 1. The van der Waals surface area contributed by atoms with Crippen molar-refractivity contribution in [3.05, 3.63) is 92.8 Å². The Morgan fingerprint density at radius 3 is 2.63 bits per heavy atom. The van der Waals surface area contributed by atoms with Crippen molar-refractivity contribution in [2.45, 2.75) is 26.8 Å². The van der Waals surface area contributed by atoms with Gasteiger partial charge in [0.15, 0.2) is 5.65 Å². The number of allylic oxidation sites excluding steroid dienone is 1. The molecular formula is C24H23BrN4O. The van der Waals surface area contributed by atoms with Gasteiger partial charge in [-0.05, 0) is 54.8 Å². The van der Waals surface area contributed by atoms with E-state index in [2.05, 4.69) is 63.0 Å². The van der Waals surface area contributed by atoms with Crippen LogP contribution in [0.1, 0.15) is 30.7 Å². The fourth-order valence-corrected chi connectivity index (χ4v) is 3.75. The SMILES string of the molecule is C=C(C)c1cc(-c2cc3nc(CNc4ccc(Br)cc4)cc(=O)n3[nH]2)ccc1CC. The van der Waals surface area contributed by atoms with Crippen LogP contribution in [0.15, 0.2) is 70.4 Å². The zero-order valence-corrected chi connectivity index (χ0v) is 18.6. The summed E-state index contributed by atoms with van der Waals surface area (Å²) in [5.41, 5.74) is 7.42. The van der Waals surface area contributed by atoms with Crippen LogP contribution in [-0.4, -0.2) is 14.6 Å². The first kappa shape index (κ1) is 20.2. The normalized spacial score (nSPS) is 11.0. The molecule has 0 saturated heterocycles. The van der Waals surface area contributed by atoms with Gasteiger partial charge in [-0.25, -0.2) is 9.50 Å². The molecule has 0 aliphatic carbocycles. The van der Waals surface area contributed by atoms with Crippen LogP contribution in [0.2, 0.25) is 0 Å². The molecule has 0 radical (unpaired) electrons. The van der Waals surface area contributed by atoms with Crippen molar-refractivity contribution < 1.29 is 0 Å². The molecule has 0 saturated carbocycles. The highest BCUT2D eigenvalue weighted by molar-refractivity contribution is 9.10. The van der Waals surface area contributed by atoms with E-state index in [1.807, 2.05) is 37.3 Å². The number of hydrogen-bond acceptors (Lipinski definition) is 3. The number of nitrogens with zero attached hydrogens (tertiary/aromatic N) is 2. The fourth-order valence-electron chi connectivity index (χ4n) is 3.49. The first-order chi connectivity index (χ1) is 14.4. The number of hydrogen-bond donors (Lipinski definition) is 2. The van der Waals surface area contributed by atoms with E-state index in [0.29, 0.717) is 17.9 Å². The summed E-state index contributed by atoms with van der Waals surface area (Å²) in [5.74, 6) is 0. The molecule has 4 rings (SSSR count). The van der Waals surface area contributed by atoms with Crippen molar-refractivity contribution in [3.63, 3.8) is 0 Å². The van der Waals surface area contributed by atoms with Crippen molar-refractivity contribution in [2.24, 2.45) is 0 Å². The summed E-state index contributed by atoms with van der Waals surface area (Å²) < 4.78 is 2.50. The summed E-state index contributed by atoms with van der Waals surface area (Å²) >= 11 is 3.43. The molecule has 0 bridgehead atoms. The fraction of sp³-hybridized carbons (Fsp3) is 0.167. The second kappa shape index (κ2) is 8.32. The number of benzene rings is 2. The molecule has 0 amide bonds. The minimum atomic E-state index is -0.135. The Bertz CT molecular complexity index is 1290. The van der Waals surface area contributed by atoms with E-state index < -0.39 is 0 Å². The molecule has 6 heteroatoms. The van der Waals surface area contributed by atoms with Gasteiger partial charge in [0.05, 0.1) is 17.9 Å². The third-order valence-corrected chi connectivity index (χ3v) is 5.61. The van der Waals surface area contributed by atoms with Gasteiger partial charge in [0.1, 0.15) is 0 Å². The van der Waals surface area contributed by atoms with Gasteiger partial charge >= 0.3 is 0 Å². The molecule has 30 heavy (non-hydrogen) atoms. The average molecular weight is 463 g/mol. The zero-order chi connectivity index (χ0) is 21.3. The van der Waals surface area contributed by atoms with Gasteiger partial charge < -0.3 is 5.32 Å². The lowest BCUT2D eigenvalue weighted by atomic mass is 9.96. The van der Waals surface area contributed by atoms with Crippen molar-refractivity contribution in [2.75, 3.05) is 5.32 Å². The first-order valence-corrected chi connectivity index (χ1v) is 10.6. The van der Waals surface area contributed by atoms with Gasteiger partial charge in [-0.15, -0.1) is 0 Å². The van der Waals surface area contributed by atoms with Gasteiger partial charge in [0.2, 0.25) is 0 Å². The van der Waals surface area contributed by atoms with Crippen LogP contribution in [0.3, 0.4) is 0 Å². The third-order valence-electron chi connectivity index (χ3n) is 5.08. The van der Waals surface area contributed by atoms with Crippen LogP contribution >= 0.6 is 15.9 Å². The lowest BCUT2D eigenvalue weighted by molar-refractivity contribution is 0.880. The van der Waals surface area contributed by atoms with E-state index in [-0.39, 0.29) is 5.56 Å². The van der Waals surface area contributed by atoms with E-state index >= 15 is 0 Å². The second-order valence-electron chi connectivity index (χ2n) is 7.32. The predicted molar refractivity (Wildman–Crippen MR) is 127 cm³/mol. The van der Waals surface area contributed by atoms with Crippen molar-refractivity contribution in [3.8, 4) is 11.3 Å². The minimum absolute atomic E-state index is 0.135. The topological polar surface area (TPSA) is 62.2 Å². The maximum atomic E-state index is 12.6. The molecule has 0 atom stereocenters. The Kier molecular flexibility index (Phi) is 5.59. The molecule has 4 aromatic rings. The average Bonchev–Trinajstić information content (AvgIpc) is 3.17. The van der Waals surface area contributed by atoms with Crippen LogP contribution < -0.4 is 10.9 Å². The molecule has 0 aliphatic rings. The summed E-state index contributed by atoms with van der Waals surface area (Å²) in [4.78, 5) is 17.3. The van der Waals surface area contributed by atoms with Gasteiger partial charge in [-0.2, -0.15) is 0 Å². The quantitative estimate of drug-likeness (QED) is 0.388. The van der Waals surface area contributed by atoms with Crippen LogP contribution in [0.4, 0.5) is 5.69 Å². The maximum Gasteiger partial charge on any atom is 0.272 e. The number of aromatic nitrogens is 3. The standard InChI is InChI=1S/C24H23BrN4O/c1-4-16-5-6-17(11-21(16)15(2)3)22-13-23-27-20(12-24(30)29(23)28-22)14-26-19-9-7-18(25)8-10-19/h5-13,26,28H,2,4,14H2,1,3H3. The Morgan fingerprint density at radius 2 is 1.93 bits per heavy atom. The van der Waals surface area contributed by atoms with E-state index in [1.165, 1.54) is 10.1 Å². The highest BCUT2D eigenvalue weighted by atomic mass is 79.9. The van der Waals surface area contributed by atoms with Crippen molar-refractivity contribution in [1.82, 2.24) is 14.6 Å². The highest BCUT2D eigenvalue weighted by Crippen LogP contribution is 2.26. The van der Waals surface area contributed by atoms with Gasteiger partial charge in [0.25, 0.3) is 5.56 Å². The van der Waals surface area contributed by atoms with Gasteiger partial charge in [-0.3, -0.25) is 9.89 Å². The lowest BCUT2D eigenvalue weighted by Crippen LogP contribution is -2.16. The Balaban J connectivity index is 1.65. The van der Waals surface area contributed by atoms with Crippen molar-refractivity contribution >= 4 is 32.8 Å². The number of nitrogens with one attached hydrogen (secondary N) is 2. The summed E-state index contributed by atoms with van der Waals surface area (Å²) in [7, 11) is 0. The van der Waals surface area contributed by atoms with Crippen LogP contribution in [0, 0.1) is 0 Å². The van der Waals surface area contributed by atoms with Gasteiger partial charge in [-0.1, -0.05) is 47.1 Å². The smallest absolute Gasteiger partial charge is 0.272 e. The molecule has 2 aromatic heterocycles. The summed E-state index contributed by atoms with van der Waals surface area (Å²) in [5, 5.41) is 6.48. The first-order valence-electron chi connectivity index (χ1n) is 9.85. The zero-order valence-electron chi connectivity index (χ0n) is 17.0. The third kappa shape index (κ3) is 4.09. The maximum absolute atomic E-state index is 12.6. The number of halogens is 1. The van der Waals surface area contributed by atoms with E-state index in [4.69, 9.17) is 0 Å². The van der Waals surface area contributed by atoms with Crippen molar-refractivity contribution in [1.29, 1.82) is 0 Å². The number of anilines is 1. The van der Waals surface area contributed by atoms with Crippen LogP contribution in [0.5, 0.6) is 0 Å². The van der Waals surface area contributed by atoms with Crippen LogP contribution in [-0.2, 0) is 13.0 Å². The molecule has 2 aromatic carbocycles. The predicted octanol–water partition coefficient (Wildman–Crippen LogP) is 5.66. The summed E-state index contributed by atoms with van der Waals surface area (Å²) in [6.07, 6.45) is 0.949. The number of aryl methyl sites for hydroxylation is 1. The number of aromatic amines is 1. The van der Waals surface area contributed by atoms with E-state index in [9.17, 15) is 4.79 Å². The molecule has 0 aliphatic heterocycles. The minimum Gasteiger partial charge on any atom is -0.379 e. The van der Waals surface area contributed by atoms with Crippen LogP contribution in [0.25, 0.3) is 22.5 Å². The molecule has 2 N–H and O–H groups in total. The van der Waals surface area contributed by atoms with E-state index in [1.54, 1.807) is 6.07 Å². The lowest BCUT2D eigenvalue weighted by Gasteiger charge is -2.09. The molecular weight excluding hydrogens is 440 g/mol. The summed E-state index contributed by atoms with van der Waals surface area (Å²) in [6, 6.07) is 17.7.